The van der Waals surface area contributed by atoms with Crippen LogP contribution >= 0.6 is 27.3 Å². The Morgan fingerprint density at radius 2 is 2.00 bits per heavy atom. The largest absolute Gasteiger partial charge is 0.452 e. The van der Waals surface area contributed by atoms with Crippen molar-refractivity contribution in [1.29, 1.82) is 0 Å². The number of fused-ring (bicyclic) bond motifs is 1. The monoisotopic (exact) mass is 334 g/mol. The van der Waals surface area contributed by atoms with Gasteiger partial charge >= 0.3 is 0 Å². The van der Waals surface area contributed by atoms with E-state index in [0.29, 0.717) is 5.76 Å². The first kappa shape index (κ1) is 12.6. The van der Waals surface area contributed by atoms with Gasteiger partial charge in [0.15, 0.2) is 5.76 Å². The van der Waals surface area contributed by atoms with Crippen molar-refractivity contribution in [2.45, 2.75) is 13.8 Å². The van der Waals surface area contributed by atoms with Crippen molar-refractivity contribution >= 4 is 44.0 Å². The van der Waals surface area contributed by atoms with E-state index >= 15 is 0 Å². The molecule has 0 saturated carbocycles. The van der Waals surface area contributed by atoms with Gasteiger partial charge in [0.05, 0.1) is 4.88 Å². The van der Waals surface area contributed by atoms with Crippen LogP contribution < -0.4 is 0 Å². The van der Waals surface area contributed by atoms with Crippen LogP contribution in [-0.2, 0) is 0 Å². The van der Waals surface area contributed by atoms with Crippen molar-refractivity contribution in [2.75, 3.05) is 0 Å². The highest BCUT2D eigenvalue weighted by molar-refractivity contribution is 9.10. The van der Waals surface area contributed by atoms with Gasteiger partial charge in [-0.3, -0.25) is 4.79 Å². The number of thiophene rings is 1. The van der Waals surface area contributed by atoms with Crippen molar-refractivity contribution in [3.63, 3.8) is 0 Å². The predicted octanol–water partition coefficient (Wildman–Crippen LogP) is 5.10. The molecule has 0 amide bonds. The molecule has 0 saturated heterocycles. The second-order valence-electron chi connectivity index (χ2n) is 4.44. The van der Waals surface area contributed by atoms with Gasteiger partial charge in [-0.1, -0.05) is 15.9 Å². The summed E-state index contributed by atoms with van der Waals surface area (Å²) >= 11 is 4.90. The molecule has 0 aliphatic heterocycles. The molecule has 0 aliphatic rings. The zero-order chi connectivity index (χ0) is 13.6. The lowest BCUT2D eigenvalue weighted by Crippen LogP contribution is -1.98. The van der Waals surface area contributed by atoms with Crippen LogP contribution in [0.3, 0.4) is 0 Å². The van der Waals surface area contributed by atoms with E-state index in [1.165, 1.54) is 11.3 Å². The van der Waals surface area contributed by atoms with E-state index in [2.05, 4.69) is 15.9 Å². The molecule has 0 aliphatic carbocycles. The molecule has 0 bridgehead atoms. The number of benzene rings is 1. The fourth-order valence-corrected chi connectivity index (χ4v) is 3.23. The third-order valence-corrected chi connectivity index (χ3v) is 4.56. The number of hydrogen-bond acceptors (Lipinski definition) is 3. The van der Waals surface area contributed by atoms with Crippen molar-refractivity contribution in [2.24, 2.45) is 0 Å². The first-order valence-electron chi connectivity index (χ1n) is 5.86. The summed E-state index contributed by atoms with van der Waals surface area (Å²) < 4.78 is 6.68. The predicted molar refractivity (Wildman–Crippen MR) is 81.1 cm³/mol. The highest BCUT2D eigenvalue weighted by Crippen LogP contribution is 2.30. The number of carbonyl (C=O) groups excluding carboxylic acids is 1. The maximum absolute atomic E-state index is 12.4. The molecule has 0 atom stereocenters. The van der Waals surface area contributed by atoms with E-state index in [1.807, 2.05) is 44.2 Å². The molecule has 0 N–H and O–H groups in total. The van der Waals surface area contributed by atoms with E-state index in [1.54, 1.807) is 0 Å². The van der Waals surface area contributed by atoms with Crippen LogP contribution in [0, 0.1) is 13.8 Å². The van der Waals surface area contributed by atoms with E-state index in [0.717, 1.165) is 30.8 Å². The first-order chi connectivity index (χ1) is 9.06. The molecule has 0 unspecified atom stereocenters. The average Bonchev–Trinajstić information content (AvgIpc) is 2.93. The van der Waals surface area contributed by atoms with Crippen molar-refractivity contribution in [1.82, 2.24) is 0 Å². The Morgan fingerprint density at radius 3 is 2.68 bits per heavy atom. The molecule has 2 heterocycles. The fraction of sp³-hybridized carbons (Fsp3) is 0.133. The summed E-state index contributed by atoms with van der Waals surface area (Å²) in [6.45, 7) is 3.91. The summed E-state index contributed by atoms with van der Waals surface area (Å²) in [5.41, 5.74) is 1.64. The molecule has 2 aromatic heterocycles. The lowest BCUT2D eigenvalue weighted by Gasteiger charge is -1.94. The second kappa shape index (κ2) is 4.62. The van der Waals surface area contributed by atoms with Gasteiger partial charge in [-0.05, 0) is 44.2 Å². The topological polar surface area (TPSA) is 30.2 Å². The van der Waals surface area contributed by atoms with Gasteiger partial charge in [0.1, 0.15) is 5.58 Å². The number of carbonyl (C=O) groups is 1. The smallest absolute Gasteiger partial charge is 0.238 e. The zero-order valence-electron chi connectivity index (χ0n) is 10.5. The van der Waals surface area contributed by atoms with Gasteiger partial charge in [0.25, 0.3) is 0 Å². The molecule has 3 aromatic rings. The van der Waals surface area contributed by atoms with Crippen molar-refractivity contribution in [3.8, 4) is 0 Å². The summed E-state index contributed by atoms with van der Waals surface area (Å²) in [6, 6.07) is 9.61. The Balaban J connectivity index is 2.15. The maximum Gasteiger partial charge on any atom is 0.238 e. The van der Waals surface area contributed by atoms with Crippen LogP contribution in [0.1, 0.15) is 25.9 Å². The zero-order valence-corrected chi connectivity index (χ0v) is 12.9. The number of furan rings is 1. The minimum atomic E-state index is -0.0390. The standard InChI is InChI=1S/C15H11BrO2S/c1-8-3-6-13(19-8)14(17)15-9(2)11-5-4-10(16)7-12(11)18-15/h3-7H,1-2H3. The molecule has 19 heavy (non-hydrogen) atoms. The third kappa shape index (κ3) is 2.15. The van der Waals surface area contributed by atoms with E-state index in [4.69, 9.17) is 4.42 Å². The maximum atomic E-state index is 12.4. The molecule has 0 radical (unpaired) electrons. The molecule has 96 valence electrons. The van der Waals surface area contributed by atoms with Gasteiger partial charge in [-0.15, -0.1) is 11.3 Å². The molecule has 4 heteroatoms. The average molecular weight is 335 g/mol. The Bertz CT molecular complexity index is 783. The normalized spacial score (nSPS) is 11.1. The van der Waals surface area contributed by atoms with Crippen LogP contribution in [0.15, 0.2) is 39.2 Å². The minimum Gasteiger partial charge on any atom is -0.452 e. The Labute approximate surface area is 123 Å². The highest BCUT2D eigenvalue weighted by atomic mass is 79.9. The summed E-state index contributed by atoms with van der Waals surface area (Å²) in [5, 5.41) is 0.986. The minimum absolute atomic E-state index is 0.0390. The van der Waals surface area contributed by atoms with Gasteiger partial charge in [-0.25, -0.2) is 0 Å². The van der Waals surface area contributed by atoms with Crippen LogP contribution in [0.5, 0.6) is 0 Å². The third-order valence-electron chi connectivity index (χ3n) is 3.07. The van der Waals surface area contributed by atoms with Gasteiger partial charge < -0.3 is 4.42 Å². The molecular formula is C15H11BrO2S. The van der Waals surface area contributed by atoms with Gasteiger partial charge in [-0.2, -0.15) is 0 Å². The fourth-order valence-electron chi connectivity index (χ4n) is 2.08. The second-order valence-corrected chi connectivity index (χ2v) is 6.64. The van der Waals surface area contributed by atoms with Crippen LogP contribution in [0.25, 0.3) is 11.0 Å². The molecular weight excluding hydrogens is 324 g/mol. The quantitative estimate of drug-likeness (QED) is 0.610. The molecule has 1 aromatic carbocycles. The van der Waals surface area contributed by atoms with E-state index in [-0.39, 0.29) is 5.78 Å². The first-order valence-corrected chi connectivity index (χ1v) is 7.47. The summed E-state index contributed by atoms with van der Waals surface area (Å²) in [4.78, 5) is 14.3. The number of rotatable bonds is 2. The van der Waals surface area contributed by atoms with Crippen LogP contribution in [0.4, 0.5) is 0 Å². The lowest BCUT2D eigenvalue weighted by atomic mass is 10.1. The molecule has 2 nitrogen and oxygen atoms in total. The highest BCUT2D eigenvalue weighted by Gasteiger charge is 2.20. The lowest BCUT2D eigenvalue weighted by molar-refractivity contribution is 0.101. The summed E-state index contributed by atoms with van der Waals surface area (Å²) in [5.74, 6) is 0.401. The Kier molecular flexibility index (Phi) is 3.07. The number of aryl methyl sites for hydroxylation is 2. The van der Waals surface area contributed by atoms with Crippen molar-refractivity contribution in [3.05, 3.63) is 55.9 Å². The Morgan fingerprint density at radius 1 is 1.21 bits per heavy atom. The van der Waals surface area contributed by atoms with Crippen LogP contribution in [-0.4, -0.2) is 5.78 Å². The number of ketones is 1. The Hall–Kier alpha value is -1.39. The molecule has 3 rings (SSSR count). The SMILES string of the molecule is Cc1ccc(C(=O)c2oc3cc(Br)ccc3c2C)s1. The summed E-state index contributed by atoms with van der Waals surface area (Å²) in [7, 11) is 0. The molecule has 0 fully saturated rings. The summed E-state index contributed by atoms with van der Waals surface area (Å²) in [6.07, 6.45) is 0. The molecule has 0 spiro atoms. The number of hydrogen-bond donors (Lipinski definition) is 0. The number of halogens is 1. The van der Waals surface area contributed by atoms with E-state index < -0.39 is 0 Å². The van der Waals surface area contributed by atoms with Crippen molar-refractivity contribution < 1.29 is 9.21 Å². The van der Waals surface area contributed by atoms with E-state index in [9.17, 15) is 4.79 Å². The van der Waals surface area contributed by atoms with Crippen LogP contribution in [0.2, 0.25) is 0 Å². The van der Waals surface area contributed by atoms with Gasteiger partial charge in [0, 0.05) is 20.3 Å². The van der Waals surface area contributed by atoms with Gasteiger partial charge in [0.2, 0.25) is 5.78 Å².